The molecular formula is C16H17N3O2. The third kappa shape index (κ3) is 2.81. The van der Waals surface area contributed by atoms with E-state index in [0.717, 1.165) is 17.1 Å². The predicted octanol–water partition coefficient (Wildman–Crippen LogP) is 2.16. The minimum absolute atomic E-state index is 0.0227. The lowest BCUT2D eigenvalue weighted by atomic mass is 10.1. The highest BCUT2D eigenvalue weighted by molar-refractivity contribution is 5.94. The van der Waals surface area contributed by atoms with Gasteiger partial charge in [0.05, 0.1) is 12.1 Å². The summed E-state index contributed by atoms with van der Waals surface area (Å²) >= 11 is 0. The van der Waals surface area contributed by atoms with E-state index in [9.17, 15) is 4.79 Å². The van der Waals surface area contributed by atoms with E-state index < -0.39 is 0 Å². The number of hydrogen-bond donors (Lipinski definition) is 1. The molecule has 5 nitrogen and oxygen atoms in total. The number of carbonyl (C=O) groups excluding carboxylic acids is 1. The second kappa shape index (κ2) is 5.83. The monoisotopic (exact) mass is 283 g/mol. The number of anilines is 1. The van der Waals surface area contributed by atoms with E-state index in [2.05, 4.69) is 10.3 Å². The summed E-state index contributed by atoms with van der Waals surface area (Å²) in [6, 6.07) is 11.4. The van der Waals surface area contributed by atoms with Crippen LogP contribution in [0.25, 0.3) is 0 Å². The molecule has 0 bridgehead atoms. The number of carbonyl (C=O) groups is 1. The molecule has 3 rings (SSSR count). The summed E-state index contributed by atoms with van der Waals surface area (Å²) in [4.78, 5) is 18.6. The Morgan fingerprint density at radius 2 is 2.14 bits per heavy atom. The maximum Gasteiger partial charge on any atom is 0.255 e. The van der Waals surface area contributed by atoms with Crippen LogP contribution >= 0.6 is 0 Å². The van der Waals surface area contributed by atoms with Crippen molar-refractivity contribution < 1.29 is 9.53 Å². The van der Waals surface area contributed by atoms with Crippen LogP contribution in [-0.4, -0.2) is 36.0 Å². The van der Waals surface area contributed by atoms with E-state index in [1.54, 1.807) is 30.3 Å². The molecule has 1 aromatic heterocycles. The first-order chi connectivity index (χ1) is 10.3. The second-order valence-electron chi connectivity index (χ2n) is 4.87. The molecule has 0 saturated carbocycles. The van der Waals surface area contributed by atoms with Gasteiger partial charge in [0.25, 0.3) is 5.91 Å². The molecule has 0 unspecified atom stereocenters. The standard InChI is InChI=1S/C16H17N3O2/c1-17-15-7-6-12(10-18-15)16(20)19-8-9-21-14-5-3-2-4-13(14)11-19/h2-7,10H,8-9,11H2,1H3,(H,17,18). The number of para-hydroxylation sites is 1. The van der Waals surface area contributed by atoms with Crippen LogP contribution < -0.4 is 10.1 Å². The number of aromatic nitrogens is 1. The Hall–Kier alpha value is -2.56. The number of rotatable bonds is 2. The maximum atomic E-state index is 12.6. The lowest BCUT2D eigenvalue weighted by Crippen LogP contribution is -2.32. The number of ether oxygens (including phenoxy) is 1. The average Bonchev–Trinajstić information content (AvgIpc) is 2.76. The average molecular weight is 283 g/mol. The van der Waals surface area contributed by atoms with E-state index in [1.807, 2.05) is 24.3 Å². The molecule has 1 aromatic carbocycles. The van der Waals surface area contributed by atoms with Crippen molar-refractivity contribution in [1.29, 1.82) is 0 Å². The normalized spacial score (nSPS) is 13.9. The molecule has 0 fully saturated rings. The largest absolute Gasteiger partial charge is 0.491 e. The third-order valence-corrected chi connectivity index (χ3v) is 3.51. The van der Waals surface area contributed by atoms with Crippen LogP contribution in [-0.2, 0) is 6.54 Å². The van der Waals surface area contributed by atoms with Gasteiger partial charge >= 0.3 is 0 Å². The number of pyridine rings is 1. The molecule has 0 saturated heterocycles. The molecule has 1 aliphatic heterocycles. The van der Waals surface area contributed by atoms with Crippen LogP contribution in [0.3, 0.4) is 0 Å². The van der Waals surface area contributed by atoms with Crippen molar-refractivity contribution in [2.24, 2.45) is 0 Å². The highest BCUT2D eigenvalue weighted by atomic mass is 16.5. The van der Waals surface area contributed by atoms with Crippen molar-refractivity contribution in [3.05, 3.63) is 53.7 Å². The fourth-order valence-electron chi connectivity index (χ4n) is 2.35. The van der Waals surface area contributed by atoms with Crippen LogP contribution in [0.1, 0.15) is 15.9 Å². The van der Waals surface area contributed by atoms with Crippen molar-refractivity contribution in [2.45, 2.75) is 6.54 Å². The van der Waals surface area contributed by atoms with Crippen LogP contribution in [0.4, 0.5) is 5.82 Å². The third-order valence-electron chi connectivity index (χ3n) is 3.51. The van der Waals surface area contributed by atoms with E-state index in [4.69, 9.17) is 4.74 Å². The van der Waals surface area contributed by atoms with Crippen LogP contribution in [0.2, 0.25) is 0 Å². The molecule has 0 radical (unpaired) electrons. The topological polar surface area (TPSA) is 54.5 Å². The van der Waals surface area contributed by atoms with Gasteiger partial charge in [-0.3, -0.25) is 4.79 Å². The van der Waals surface area contributed by atoms with Gasteiger partial charge in [0.15, 0.2) is 0 Å². The van der Waals surface area contributed by atoms with Gasteiger partial charge in [-0.15, -0.1) is 0 Å². The lowest BCUT2D eigenvalue weighted by Gasteiger charge is -2.19. The Morgan fingerprint density at radius 3 is 2.90 bits per heavy atom. The molecule has 1 amide bonds. The number of nitrogens with one attached hydrogen (secondary N) is 1. The van der Waals surface area contributed by atoms with E-state index in [0.29, 0.717) is 25.3 Å². The first-order valence-electron chi connectivity index (χ1n) is 6.92. The zero-order chi connectivity index (χ0) is 14.7. The van der Waals surface area contributed by atoms with Crippen LogP contribution in [0.5, 0.6) is 5.75 Å². The molecule has 1 aliphatic rings. The maximum absolute atomic E-state index is 12.6. The van der Waals surface area contributed by atoms with Gasteiger partial charge in [-0.25, -0.2) is 4.98 Å². The molecule has 0 aliphatic carbocycles. The van der Waals surface area contributed by atoms with Gasteiger partial charge in [0.2, 0.25) is 0 Å². The summed E-state index contributed by atoms with van der Waals surface area (Å²) in [6.07, 6.45) is 1.60. The molecule has 108 valence electrons. The number of amides is 1. The zero-order valence-corrected chi connectivity index (χ0v) is 11.9. The smallest absolute Gasteiger partial charge is 0.255 e. The summed E-state index contributed by atoms with van der Waals surface area (Å²) < 4.78 is 5.68. The molecule has 5 heteroatoms. The Balaban J connectivity index is 1.81. The Labute approximate surface area is 123 Å². The summed E-state index contributed by atoms with van der Waals surface area (Å²) in [5, 5.41) is 2.94. The number of nitrogens with zero attached hydrogens (tertiary/aromatic N) is 2. The van der Waals surface area contributed by atoms with Gasteiger partial charge < -0.3 is 15.0 Å². The summed E-state index contributed by atoms with van der Waals surface area (Å²) in [6.45, 7) is 1.63. The van der Waals surface area contributed by atoms with Crippen molar-refractivity contribution in [3.63, 3.8) is 0 Å². The number of fused-ring (bicyclic) bond motifs is 1. The minimum Gasteiger partial charge on any atom is -0.491 e. The van der Waals surface area contributed by atoms with Crippen molar-refractivity contribution in [1.82, 2.24) is 9.88 Å². The fraction of sp³-hybridized carbons (Fsp3) is 0.250. The fourth-order valence-corrected chi connectivity index (χ4v) is 2.35. The lowest BCUT2D eigenvalue weighted by molar-refractivity contribution is 0.0733. The Kier molecular flexibility index (Phi) is 3.73. The van der Waals surface area contributed by atoms with E-state index >= 15 is 0 Å². The summed E-state index contributed by atoms with van der Waals surface area (Å²) in [5.41, 5.74) is 1.62. The van der Waals surface area contributed by atoms with Gasteiger partial charge in [0, 0.05) is 25.4 Å². The Bertz CT molecular complexity index is 640. The van der Waals surface area contributed by atoms with Gasteiger partial charge in [-0.05, 0) is 18.2 Å². The van der Waals surface area contributed by atoms with Crippen molar-refractivity contribution in [2.75, 3.05) is 25.5 Å². The molecule has 21 heavy (non-hydrogen) atoms. The number of benzene rings is 1. The molecule has 1 N–H and O–H groups in total. The van der Waals surface area contributed by atoms with Crippen molar-refractivity contribution in [3.8, 4) is 5.75 Å². The molecule has 2 heterocycles. The molecule has 0 atom stereocenters. The van der Waals surface area contributed by atoms with Crippen LogP contribution in [0.15, 0.2) is 42.6 Å². The quantitative estimate of drug-likeness (QED) is 0.917. The second-order valence-corrected chi connectivity index (χ2v) is 4.87. The van der Waals surface area contributed by atoms with Crippen LogP contribution in [0, 0.1) is 0 Å². The predicted molar refractivity (Wildman–Crippen MR) is 80.5 cm³/mol. The minimum atomic E-state index is -0.0227. The van der Waals surface area contributed by atoms with Crippen molar-refractivity contribution >= 4 is 11.7 Å². The molecule has 0 spiro atoms. The number of hydrogen-bond acceptors (Lipinski definition) is 4. The highest BCUT2D eigenvalue weighted by Gasteiger charge is 2.20. The molecular weight excluding hydrogens is 266 g/mol. The molecule has 2 aromatic rings. The summed E-state index contributed by atoms with van der Waals surface area (Å²) in [7, 11) is 1.80. The SMILES string of the molecule is CNc1ccc(C(=O)N2CCOc3ccccc3C2)cn1. The summed E-state index contributed by atoms with van der Waals surface area (Å²) in [5.74, 6) is 1.58. The first-order valence-corrected chi connectivity index (χ1v) is 6.92. The zero-order valence-electron chi connectivity index (χ0n) is 11.9. The van der Waals surface area contributed by atoms with E-state index in [1.165, 1.54) is 0 Å². The van der Waals surface area contributed by atoms with E-state index in [-0.39, 0.29) is 5.91 Å². The Morgan fingerprint density at radius 1 is 1.29 bits per heavy atom. The van der Waals surface area contributed by atoms with Gasteiger partial charge in [-0.1, -0.05) is 18.2 Å². The van der Waals surface area contributed by atoms with Gasteiger partial charge in [0.1, 0.15) is 18.2 Å². The first kappa shape index (κ1) is 13.4. The highest BCUT2D eigenvalue weighted by Crippen LogP contribution is 2.23. The van der Waals surface area contributed by atoms with Gasteiger partial charge in [-0.2, -0.15) is 0 Å².